The van der Waals surface area contributed by atoms with Gasteiger partial charge in [-0.25, -0.2) is 0 Å². The summed E-state index contributed by atoms with van der Waals surface area (Å²) >= 11 is 0. The molecule has 0 amide bonds. The van der Waals surface area contributed by atoms with Crippen LogP contribution in [-0.4, -0.2) is 51.6 Å². The molecule has 76 valence electrons. The van der Waals surface area contributed by atoms with E-state index in [4.69, 9.17) is 14.9 Å². The average molecular weight is 190 g/mol. The molecule has 0 bridgehead atoms. The summed E-state index contributed by atoms with van der Waals surface area (Å²) in [5.74, 6) is -0.257. The van der Waals surface area contributed by atoms with Gasteiger partial charge in [-0.3, -0.25) is 4.79 Å². The Morgan fingerprint density at radius 1 is 1.54 bits per heavy atom. The van der Waals surface area contributed by atoms with Crippen molar-refractivity contribution in [2.45, 2.75) is 37.8 Å². The minimum Gasteiger partial charge on any atom is -0.394 e. The normalized spacial score (nSPS) is 30.8. The highest BCUT2D eigenvalue weighted by atomic mass is 16.6. The van der Waals surface area contributed by atoms with E-state index < -0.39 is 30.5 Å². The molecule has 3 atom stereocenters. The minimum atomic E-state index is -1.34. The fourth-order valence-corrected chi connectivity index (χ4v) is 1.25. The molecule has 0 aromatic carbocycles. The van der Waals surface area contributed by atoms with Crippen LogP contribution in [-0.2, 0) is 9.53 Å². The van der Waals surface area contributed by atoms with Crippen LogP contribution < -0.4 is 0 Å². The molecule has 0 unspecified atom stereocenters. The lowest BCUT2D eigenvalue weighted by Gasteiger charge is -2.43. The minimum absolute atomic E-state index is 0.257. The zero-order chi connectivity index (χ0) is 10.2. The second-order valence-corrected chi connectivity index (χ2v) is 3.65. The van der Waals surface area contributed by atoms with Crippen molar-refractivity contribution < 1.29 is 24.9 Å². The maximum Gasteiger partial charge on any atom is 0.195 e. The van der Waals surface area contributed by atoms with Crippen LogP contribution in [0.15, 0.2) is 0 Å². The van der Waals surface area contributed by atoms with Crippen molar-refractivity contribution in [3.05, 3.63) is 0 Å². The summed E-state index contributed by atoms with van der Waals surface area (Å²) in [6.45, 7) is 2.59. The van der Waals surface area contributed by atoms with Gasteiger partial charge < -0.3 is 20.1 Å². The van der Waals surface area contributed by atoms with E-state index in [-0.39, 0.29) is 5.78 Å². The van der Waals surface area contributed by atoms with E-state index in [0.29, 0.717) is 0 Å². The van der Waals surface area contributed by atoms with Crippen LogP contribution in [0.4, 0.5) is 0 Å². The van der Waals surface area contributed by atoms with Crippen LogP contribution in [0.5, 0.6) is 0 Å². The lowest BCUT2D eigenvalue weighted by Crippen LogP contribution is -2.64. The number of carbonyl (C=O) groups excluding carboxylic acids is 1. The second kappa shape index (κ2) is 3.34. The van der Waals surface area contributed by atoms with Crippen molar-refractivity contribution >= 4 is 5.78 Å². The van der Waals surface area contributed by atoms with E-state index in [1.807, 2.05) is 0 Å². The predicted octanol–water partition coefficient (Wildman–Crippen LogP) is -1.55. The lowest BCUT2D eigenvalue weighted by atomic mass is 9.87. The highest BCUT2D eigenvalue weighted by Crippen LogP contribution is 2.30. The molecule has 0 aromatic heterocycles. The Labute approximate surface area is 75.9 Å². The van der Waals surface area contributed by atoms with Crippen molar-refractivity contribution in [3.63, 3.8) is 0 Å². The predicted molar refractivity (Wildman–Crippen MR) is 43.1 cm³/mol. The van der Waals surface area contributed by atoms with Crippen molar-refractivity contribution in [1.29, 1.82) is 0 Å². The molecule has 0 aliphatic carbocycles. The SMILES string of the molecule is CC1(C)O[C@H]([C@@H](O)[C@H](O)CO)C1=O. The maximum absolute atomic E-state index is 11.3. The Morgan fingerprint density at radius 2 is 2.08 bits per heavy atom. The lowest BCUT2D eigenvalue weighted by molar-refractivity contribution is -0.220. The molecule has 5 heteroatoms. The highest BCUT2D eigenvalue weighted by molar-refractivity contribution is 5.95. The van der Waals surface area contributed by atoms with Gasteiger partial charge in [-0.15, -0.1) is 0 Å². The average Bonchev–Trinajstić information content (AvgIpc) is 2.11. The first-order chi connectivity index (χ1) is 5.90. The molecule has 1 aliphatic heterocycles. The molecular weight excluding hydrogens is 176 g/mol. The molecule has 0 radical (unpaired) electrons. The van der Waals surface area contributed by atoms with Gasteiger partial charge in [0, 0.05) is 0 Å². The molecule has 3 N–H and O–H groups in total. The van der Waals surface area contributed by atoms with E-state index in [1.54, 1.807) is 13.8 Å². The zero-order valence-corrected chi connectivity index (χ0v) is 7.60. The number of ether oxygens (including phenoxy) is 1. The smallest absolute Gasteiger partial charge is 0.195 e. The third-order valence-electron chi connectivity index (χ3n) is 2.16. The molecule has 1 heterocycles. The first-order valence-corrected chi connectivity index (χ1v) is 4.09. The topological polar surface area (TPSA) is 87.0 Å². The Bertz CT molecular complexity index is 213. The summed E-state index contributed by atoms with van der Waals surface area (Å²) in [4.78, 5) is 11.3. The summed E-state index contributed by atoms with van der Waals surface area (Å²) in [5.41, 5.74) is -0.874. The van der Waals surface area contributed by atoms with Gasteiger partial charge in [0.15, 0.2) is 5.78 Å². The van der Waals surface area contributed by atoms with E-state index in [0.717, 1.165) is 0 Å². The molecule has 1 aliphatic rings. The summed E-state index contributed by atoms with van der Waals surface area (Å²) in [7, 11) is 0. The van der Waals surface area contributed by atoms with Gasteiger partial charge in [-0.2, -0.15) is 0 Å². The van der Waals surface area contributed by atoms with E-state index >= 15 is 0 Å². The number of aliphatic hydroxyl groups is 3. The van der Waals surface area contributed by atoms with Gasteiger partial charge in [0.2, 0.25) is 0 Å². The van der Waals surface area contributed by atoms with E-state index in [9.17, 15) is 9.90 Å². The molecule has 5 nitrogen and oxygen atoms in total. The summed E-state index contributed by atoms with van der Waals surface area (Å²) in [6, 6.07) is 0. The quantitative estimate of drug-likeness (QED) is 0.501. The van der Waals surface area contributed by atoms with Gasteiger partial charge in [0.25, 0.3) is 0 Å². The van der Waals surface area contributed by atoms with Gasteiger partial charge in [-0.1, -0.05) is 0 Å². The largest absolute Gasteiger partial charge is 0.394 e. The number of aliphatic hydroxyl groups excluding tert-OH is 3. The second-order valence-electron chi connectivity index (χ2n) is 3.65. The van der Waals surface area contributed by atoms with Gasteiger partial charge in [-0.05, 0) is 13.8 Å². The molecule has 0 saturated carbocycles. The molecule has 13 heavy (non-hydrogen) atoms. The Hall–Kier alpha value is -0.490. The van der Waals surface area contributed by atoms with Crippen molar-refractivity contribution in [3.8, 4) is 0 Å². The Kier molecular flexibility index (Phi) is 2.72. The van der Waals surface area contributed by atoms with Gasteiger partial charge in [0.05, 0.1) is 6.61 Å². The van der Waals surface area contributed by atoms with E-state index in [2.05, 4.69) is 0 Å². The Balaban J connectivity index is 2.54. The van der Waals surface area contributed by atoms with E-state index in [1.165, 1.54) is 0 Å². The summed E-state index contributed by atoms with van der Waals surface area (Å²) < 4.78 is 5.05. The first-order valence-electron chi connectivity index (χ1n) is 4.09. The molecular formula is C8H14O5. The molecule has 1 fully saturated rings. The fourth-order valence-electron chi connectivity index (χ4n) is 1.25. The number of ketones is 1. The van der Waals surface area contributed by atoms with Crippen molar-refractivity contribution in [1.82, 2.24) is 0 Å². The maximum atomic E-state index is 11.3. The van der Waals surface area contributed by atoms with Crippen molar-refractivity contribution in [2.75, 3.05) is 6.61 Å². The number of carbonyl (C=O) groups is 1. The molecule has 0 spiro atoms. The monoisotopic (exact) mass is 190 g/mol. The number of hydrogen-bond acceptors (Lipinski definition) is 5. The summed E-state index contributed by atoms with van der Waals surface area (Å²) in [5, 5.41) is 26.8. The number of hydrogen-bond donors (Lipinski definition) is 3. The Morgan fingerprint density at radius 3 is 2.38 bits per heavy atom. The van der Waals surface area contributed by atoms with Crippen LogP contribution in [0.25, 0.3) is 0 Å². The van der Waals surface area contributed by atoms with Crippen LogP contribution in [0.3, 0.4) is 0 Å². The number of Topliss-reactive ketones (excluding diaryl/α,β-unsaturated/α-hetero) is 1. The van der Waals surface area contributed by atoms with Crippen LogP contribution in [0, 0.1) is 0 Å². The summed E-state index contributed by atoms with van der Waals surface area (Å²) in [6.07, 6.45) is -3.67. The van der Waals surface area contributed by atoms with Crippen LogP contribution in [0.1, 0.15) is 13.8 Å². The molecule has 1 saturated heterocycles. The molecule has 1 rings (SSSR count). The number of rotatable bonds is 3. The zero-order valence-electron chi connectivity index (χ0n) is 7.60. The van der Waals surface area contributed by atoms with Crippen molar-refractivity contribution in [2.24, 2.45) is 0 Å². The van der Waals surface area contributed by atoms with Crippen LogP contribution in [0.2, 0.25) is 0 Å². The third-order valence-corrected chi connectivity index (χ3v) is 2.16. The third kappa shape index (κ3) is 1.73. The molecule has 0 aromatic rings. The standard InChI is InChI=1S/C8H14O5/c1-8(2)7(12)6(13-8)5(11)4(10)3-9/h4-6,9-11H,3H2,1-2H3/t4-,5+,6-/m1/s1. The fraction of sp³-hybridized carbons (Fsp3) is 0.875. The van der Waals surface area contributed by atoms with Gasteiger partial charge >= 0.3 is 0 Å². The highest BCUT2D eigenvalue weighted by Gasteiger charge is 2.52. The van der Waals surface area contributed by atoms with Crippen LogP contribution >= 0.6 is 0 Å². The first kappa shape index (κ1) is 10.6. The van der Waals surface area contributed by atoms with Gasteiger partial charge in [0.1, 0.15) is 23.9 Å².